The summed E-state index contributed by atoms with van der Waals surface area (Å²) in [7, 11) is 0. The quantitative estimate of drug-likeness (QED) is 0.723. The van der Waals surface area contributed by atoms with E-state index in [9.17, 15) is 15.0 Å². The molecule has 3 saturated carbocycles. The van der Waals surface area contributed by atoms with Crippen LogP contribution in [0.3, 0.4) is 0 Å². The fourth-order valence-electron chi connectivity index (χ4n) is 7.34. The van der Waals surface area contributed by atoms with Gasteiger partial charge in [0.1, 0.15) is 5.78 Å². The maximum atomic E-state index is 12.2. The third kappa shape index (κ3) is 2.07. The molecule has 4 aliphatic rings. The number of hydrogen-bond acceptors (Lipinski definition) is 3. The number of rotatable bonds is 1. The topological polar surface area (TPSA) is 57.5 Å². The van der Waals surface area contributed by atoms with Gasteiger partial charge in [-0.05, 0) is 75.0 Å². The molecule has 0 bridgehead atoms. The van der Waals surface area contributed by atoms with Gasteiger partial charge in [-0.3, -0.25) is 4.79 Å². The summed E-state index contributed by atoms with van der Waals surface area (Å²) < 4.78 is 0. The van der Waals surface area contributed by atoms with Gasteiger partial charge in [0.25, 0.3) is 0 Å². The number of allylic oxidation sites excluding steroid dienone is 1. The highest BCUT2D eigenvalue weighted by molar-refractivity contribution is 5.79. The highest BCUT2D eigenvalue weighted by Gasteiger charge is 2.63. The van der Waals surface area contributed by atoms with E-state index in [2.05, 4.69) is 19.9 Å². The third-order valence-corrected chi connectivity index (χ3v) is 8.69. The van der Waals surface area contributed by atoms with Crippen LogP contribution >= 0.6 is 0 Å². The molecular weight excluding hydrogens is 300 g/mol. The Kier molecular flexibility index (Phi) is 3.78. The summed E-state index contributed by atoms with van der Waals surface area (Å²) in [5, 5.41) is 21.2. The van der Waals surface area contributed by atoms with Crippen molar-refractivity contribution in [1.29, 1.82) is 0 Å². The standard InChI is InChI=1S/C21H32O3/c1-12(22)16-6-7-17-15-5-4-13-10-14(23)8-9-20(13,2)18(15)11-19(24)21(16,17)3/h10,14-19,23-24H,4-9,11H2,1-3H3/t14?,15-,16?,17-,18-,19+,20-,21+/m0/s1. The minimum absolute atomic E-state index is 0.0383. The zero-order valence-corrected chi connectivity index (χ0v) is 15.3. The minimum Gasteiger partial charge on any atom is -0.393 e. The average Bonchev–Trinajstić information content (AvgIpc) is 2.88. The average molecular weight is 332 g/mol. The fraction of sp³-hybridized carbons (Fsp3) is 0.857. The lowest BCUT2D eigenvalue weighted by Gasteiger charge is -2.59. The van der Waals surface area contributed by atoms with Gasteiger partial charge in [-0.15, -0.1) is 0 Å². The number of carbonyl (C=O) groups excluding carboxylic acids is 1. The van der Waals surface area contributed by atoms with Crippen molar-refractivity contribution in [2.45, 2.75) is 77.9 Å². The molecule has 2 unspecified atom stereocenters. The predicted octanol–water partition coefficient (Wildman–Crippen LogP) is 3.49. The van der Waals surface area contributed by atoms with Crippen molar-refractivity contribution in [1.82, 2.24) is 0 Å². The molecule has 0 aliphatic heterocycles. The highest BCUT2D eigenvalue weighted by atomic mass is 16.3. The van der Waals surface area contributed by atoms with Gasteiger partial charge in [0, 0.05) is 11.3 Å². The summed E-state index contributed by atoms with van der Waals surface area (Å²) in [5.74, 6) is 1.91. The molecule has 0 amide bonds. The molecule has 3 fully saturated rings. The zero-order valence-electron chi connectivity index (χ0n) is 15.3. The van der Waals surface area contributed by atoms with Gasteiger partial charge in [-0.25, -0.2) is 0 Å². The lowest BCUT2D eigenvalue weighted by molar-refractivity contribution is -0.148. The van der Waals surface area contributed by atoms with Gasteiger partial charge < -0.3 is 10.2 Å². The Morgan fingerprint density at radius 1 is 1.12 bits per heavy atom. The van der Waals surface area contributed by atoms with Crippen LogP contribution in [0.25, 0.3) is 0 Å². The Balaban J connectivity index is 1.70. The first-order valence-corrected chi connectivity index (χ1v) is 9.86. The van der Waals surface area contributed by atoms with E-state index in [1.807, 2.05) is 0 Å². The second kappa shape index (κ2) is 5.41. The Morgan fingerprint density at radius 3 is 2.58 bits per heavy atom. The van der Waals surface area contributed by atoms with E-state index >= 15 is 0 Å². The van der Waals surface area contributed by atoms with Gasteiger partial charge in [-0.2, -0.15) is 0 Å². The molecule has 4 rings (SSSR count). The molecule has 0 spiro atoms. The van der Waals surface area contributed by atoms with Crippen molar-refractivity contribution < 1.29 is 15.0 Å². The summed E-state index contributed by atoms with van der Waals surface area (Å²) >= 11 is 0. The number of hydrogen-bond donors (Lipinski definition) is 2. The third-order valence-electron chi connectivity index (χ3n) is 8.69. The summed E-state index contributed by atoms with van der Waals surface area (Å²) in [6, 6.07) is 0. The van der Waals surface area contributed by atoms with Gasteiger partial charge in [0.05, 0.1) is 12.2 Å². The molecule has 0 aromatic rings. The Hall–Kier alpha value is -0.670. The van der Waals surface area contributed by atoms with Crippen molar-refractivity contribution in [3.8, 4) is 0 Å². The van der Waals surface area contributed by atoms with Gasteiger partial charge in [-0.1, -0.05) is 25.5 Å². The number of aliphatic hydroxyl groups is 2. The largest absolute Gasteiger partial charge is 0.393 e. The van der Waals surface area contributed by atoms with Crippen molar-refractivity contribution in [3.05, 3.63) is 11.6 Å². The lowest BCUT2D eigenvalue weighted by atomic mass is 9.46. The maximum Gasteiger partial charge on any atom is 0.133 e. The Morgan fingerprint density at radius 2 is 1.88 bits per heavy atom. The summed E-state index contributed by atoms with van der Waals surface area (Å²) in [5.41, 5.74) is 1.34. The normalized spacial score (nSPS) is 53.6. The Bertz CT molecular complexity index is 582. The molecule has 24 heavy (non-hydrogen) atoms. The van der Waals surface area contributed by atoms with E-state index in [-0.39, 0.29) is 34.7 Å². The SMILES string of the molecule is CC(=O)C1CC[C@H]2[C@@H]3CCC4=CC(O)CC[C@]4(C)[C@H]3C[C@@H](O)[C@]12C. The van der Waals surface area contributed by atoms with Crippen LogP contribution < -0.4 is 0 Å². The van der Waals surface area contributed by atoms with Gasteiger partial charge in [0.15, 0.2) is 0 Å². The van der Waals surface area contributed by atoms with Gasteiger partial charge in [0.2, 0.25) is 0 Å². The first kappa shape index (κ1) is 16.8. The summed E-state index contributed by atoms with van der Waals surface area (Å²) in [6.07, 6.45) is 8.45. The van der Waals surface area contributed by atoms with Crippen molar-refractivity contribution in [2.75, 3.05) is 0 Å². The first-order chi connectivity index (χ1) is 11.3. The zero-order chi connectivity index (χ0) is 17.3. The van der Waals surface area contributed by atoms with Gasteiger partial charge >= 0.3 is 0 Å². The Labute approximate surface area is 145 Å². The van der Waals surface area contributed by atoms with Crippen LogP contribution in [0.4, 0.5) is 0 Å². The predicted molar refractivity (Wildman–Crippen MR) is 93.3 cm³/mol. The van der Waals surface area contributed by atoms with Crippen molar-refractivity contribution in [3.63, 3.8) is 0 Å². The molecule has 3 heteroatoms. The molecule has 0 saturated heterocycles. The second-order valence-corrected chi connectivity index (χ2v) is 9.49. The molecule has 134 valence electrons. The van der Waals surface area contributed by atoms with E-state index in [0.717, 1.165) is 44.9 Å². The fourth-order valence-corrected chi connectivity index (χ4v) is 7.34. The first-order valence-electron chi connectivity index (χ1n) is 9.86. The number of ketones is 1. The van der Waals surface area contributed by atoms with Crippen LogP contribution in [-0.4, -0.2) is 28.2 Å². The monoisotopic (exact) mass is 332 g/mol. The molecule has 0 heterocycles. The van der Waals surface area contributed by atoms with Crippen LogP contribution in [0, 0.1) is 34.5 Å². The molecule has 2 N–H and O–H groups in total. The van der Waals surface area contributed by atoms with Crippen LogP contribution in [0.15, 0.2) is 11.6 Å². The number of aliphatic hydroxyl groups excluding tert-OH is 2. The van der Waals surface area contributed by atoms with Crippen LogP contribution in [0.1, 0.15) is 65.7 Å². The van der Waals surface area contributed by atoms with E-state index in [4.69, 9.17) is 0 Å². The summed E-state index contributed by atoms with van der Waals surface area (Å²) in [4.78, 5) is 12.2. The molecule has 0 aromatic heterocycles. The molecular formula is C21H32O3. The minimum atomic E-state index is -0.372. The smallest absolute Gasteiger partial charge is 0.133 e. The molecule has 8 atom stereocenters. The molecule has 0 aromatic carbocycles. The molecule has 3 nitrogen and oxygen atoms in total. The number of Topliss-reactive ketones (excluding diaryl/α,β-unsaturated/α-hetero) is 1. The van der Waals surface area contributed by atoms with Crippen LogP contribution in [-0.2, 0) is 4.79 Å². The van der Waals surface area contributed by atoms with E-state index < -0.39 is 0 Å². The van der Waals surface area contributed by atoms with Crippen molar-refractivity contribution in [2.24, 2.45) is 34.5 Å². The molecule has 4 aliphatic carbocycles. The lowest BCUT2D eigenvalue weighted by Crippen LogP contribution is -2.57. The van der Waals surface area contributed by atoms with Crippen LogP contribution in [0.5, 0.6) is 0 Å². The van der Waals surface area contributed by atoms with E-state index in [0.29, 0.717) is 17.8 Å². The second-order valence-electron chi connectivity index (χ2n) is 9.49. The highest BCUT2D eigenvalue weighted by Crippen LogP contribution is 2.66. The summed E-state index contributed by atoms with van der Waals surface area (Å²) in [6.45, 7) is 6.27. The number of carbonyl (C=O) groups is 1. The van der Waals surface area contributed by atoms with E-state index in [1.54, 1.807) is 6.92 Å². The van der Waals surface area contributed by atoms with Crippen molar-refractivity contribution >= 4 is 5.78 Å². The maximum absolute atomic E-state index is 12.2. The van der Waals surface area contributed by atoms with Crippen LogP contribution in [0.2, 0.25) is 0 Å². The molecule has 0 radical (unpaired) electrons. The number of fused-ring (bicyclic) bond motifs is 5. The van der Waals surface area contributed by atoms with E-state index in [1.165, 1.54) is 5.57 Å².